The van der Waals surface area contributed by atoms with Crippen molar-refractivity contribution in [2.75, 3.05) is 20.7 Å². The Bertz CT molecular complexity index is 525. The van der Waals surface area contributed by atoms with Crippen molar-refractivity contribution < 1.29 is 27.8 Å². The third kappa shape index (κ3) is 4.35. The lowest BCUT2D eigenvalue weighted by Gasteiger charge is -2.32. The van der Waals surface area contributed by atoms with Crippen molar-refractivity contribution in [1.29, 1.82) is 0 Å². The van der Waals surface area contributed by atoms with E-state index in [1.807, 2.05) is 32.8 Å². The molecule has 1 rings (SSSR count). The number of halogens is 3. The van der Waals surface area contributed by atoms with Crippen molar-refractivity contribution in [3.8, 4) is 5.75 Å². The molecule has 0 aliphatic carbocycles. The molecule has 0 fully saturated rings. The van der Waals surface area contributed by atoms with Crippen molar-refractivity contribution in [1.82, 2.24) is 4.90 Å². The summed E-state index contributed by atoms with van der Waals surface area (Å²) < 4.78 is 43.5. The third-order valence-electron chi connectivity index (χ3n) is 3.33. The highest BCUT2D eigenvalue weighted by molar-refractivity contribution is 5.90. The van der Waals surface area contributed by atoms with Gasteiger partial charge in [0.25, 0.3) is 0 Å². The van der Waals surface area contributed by atoms with Crippen molar-refractivity contribution in [3.05, 3.63) is 29.3 Å². The molecule has 0 bridgehead atoms. The first-order valence-corrected chi connectivity index (χ1v) is 6.20. The van der Waals surface area contributed by atoms with Gasteiger partial charge in [-0.3, -0.25) is 0 Å². The summed E-state index contributed by atoms with van der Waals surface area (Å²) in [4.78, 5) is 12.9. The molecule has 0 aromatic heterocycles. The first-order valence-electron chi connectivity index (χ1n) is 6.20. The first kappa shape index (κ1) is 17.3. The fourth-order valence-corrected chi connectivity index (χ4v) is 1.43. The minimum atomic E-state index is -4.71. The standard InChI is InChI=1S/C14H18F3NO3/c1-13(2,18(3)4)8-21-9-5-6-11(14(15,16)17)10(7-9)12(19)20/h5-7H,8H2,1-4H3,(H,19,20). The minimum absolute atomic E-state index is 0.0929. The van der Waals surface area contributed by atoms with Crippen LogP contribution < -0.4 is 4.74 Å². The molecule has 0 radical (unpaired) electrons. The normalized spacial score (nSPS) is 12.6. The lowest BCUT2D eigenvalue weighted by Crippen LogP contribution is -2.43. The predicted octanol–water partition coefficient (Wildman–Crippen LogP) is 3.12. The van der Waals surface area contributed by atoms with Crippen molar-refractivity contribution in [3.63, 3.8) is 0 Å². The number of hydrogen-bond acceptors (Lipinski definition) is 3. The van der Waals surface area contributed by atoms with Crippen molar-refractivity contribution in [2.24, 2.45) is 0 Å². The molecule has 21 heavy (non-hydrogen) atoms. The van der Waals surface area contributed by atoms with E-state index < -0.39 is 23.3 Å². The monoisotopic (exact) mass is 305 g/mol. The van der Waals surface area contributed by atoms with Gasteiger partial charge in [-0.25, -0.2) is 4.79 Å². The summed E-state index contributed by atoms with van der Waals surface area (Å²) in [6, 6.07) is 2.75. The van der Waals surface area contributed by atoms with E-state index in [-0.39, 0.29) is 17.9 Å². The van der Waals surface area contributed by atoms with Crippen molar-refractivity contribution in [2.45, 2.75) is 25.6 Å². The fourth-order valence-electron chi connectivity index (χ4n) is 1.43. The maximum Gasteiger partial charge on any atom is 0.417 e. The van der Waals surface area contributed by atoms with Gasteiger partial charge in [0.1, 0.15) is 12.4 Å². The Labute approximate surface area is 121 Å². The van der Waals surface area contributed by atoms with Gasteiger partial charge in [-0.2, -0.15) is 13.2 Å². The molecular formula is C14H18F3NO3. The number of ether oxygens (including phenoxy) is 1. The second kappa shape index (κ2) is 5.93. The van der Waals surface area contributed by atoms with Gasteiger partial charge in [0.2, 0.25) is 0 Å². The molecule has 1 aromatic carbocycles. The largest absolute Gasteiger partial charge is 0.492 e. The zero-order chi connectivity index (χ0) is 16.4. The second-order valence-electron chi connectivity index (χ2n) is 5.51. The molecule has 118 valence electrons. The third-order valence-corrected chi connectivity index (χ3v) is 3.33. The van der Waals surface area contributed by atoms with Crippen LogP contribution in [0, 0.1) is 0 Å². The number of hydrogen-bond donors (Lipinski definition) is 1. The molecule has 0 saturated heterocycles. The van der Waals surface area contributed by atoms with Crippen LogP contribution in [0.15, 0.2) is 18.2 Å². The molecule has 1 aromatic rings. The molecule has 0 amide bonds. The average molecular weight is 305 g/mol. The van der Waals surface area contributed by atoms with E-state index in [1.54, 1.807) is 0 Å². The van der Waals surface area contributed by atoms with E-state index in [2.05, 4.69) is 0 Å². The molecule has 0 aliphatic heterocycles. The highest BCUT2D eigenvalue weighted by Crippen LogP contribution is 2.34. The summed E-state index contributed by atoms with van der Waals surface area (Å²) >= 11 is 0. The maximum atomic E-state index is 12.7. The summed E-state index contributed by atoms with van der Waals surface area (Å²) in [6.07, 6.45) is -4.71. The fraction of sp³-hybridized carbons (Fsp3) is 0.500. The van der Waals surface area contributed by atoms with Crippen LogP contribution in [-0.4, -0.2) is 42.2 Å². The Morgan fingerprint density at radius 3 is 2.29 bits per heavy atom. The van der Waals surface area contributed by atoms with Gasteiger partial charge in [-0.05, 0) is 46.1 Å². The number of carbonyl (C=O) groups is 1. The zero-order valence-corrected chi connectivity index (χ0v) is 12.3. The van der Waals surface area contributed by atoms with Crippen LogP contribution >= 0.6 is 0 Å². The lowest BCUT2D eigenvalue weighted by molar-refractivity contribution is -0.138. The van der Waals surface area contributed by atoms with Gasteiger partial charge in [0.15, 0.2) is 0 Å². The molecular weight excluding hydrogens is 287 g/mol. The Balaban J connectivity index is 3.03. The van der Waals surface area contributed by atoms with Crippen LogP contribution in [-0.2, 0) is 6.18 Å². The first-order chi connectivity index (χ1) is 9.45. The number of rotatable bonds is 5. The number of aromatic carboxylic acids is 1. The van der Waals surface area contributed by atoms with E-state index in [4.69, 9.17) is 9.84 Å². The summed E-state index contributed by atoms with van der Waals surface area (Å²) in [6.45, 7) is 4.01. The summed E-state index contributed by atoms with van der Waals surface area (Å²) in [7, 11) is 3.69. The SMILES string of the molecule is CN(C)C(C)(C)COc1ccc(C(F)(F)F)c(C(=O)O)c1. The number of nitrogens with zero attached hydrogens (tertiary/aromatic N) is 1. The van der Waals surface area contributed by atoms with Crippen LogP contribution in [0.25, 0.3) is 0 Å². The number of likely N-dealkylation sites (N-methyl/N-ethyl adjacent to an activating group) is 1. The number of benzene rings is 1. The second-order valence-corrected chi connectivity index (χ2v) is 5.51. The van der Waals surface area contributed by atoms with Gasteiger partial charge in [0.05, 0.1) is 11.1 Å². The lowest BCUT2D eigenvalue weighted by atomic mass is 10.1. The summed E-state index contributed by atoms with van der Waals surface area (Å²) in [5, 5.41) is 8.91. The molecule has 4 nitrogen and oxygen atoms in total. The van der Waals surface area contributed by atoms with Gasteiger partial charge >= 0.3 is 12.1 Å². The van der Waals surface area contributed by atoms with Crippen LogP contribution in [0.1, 0.15) is 29.8 Å². The summed E-state index contributed by atoms with van der Waals surface area (Å²) in [5.74, 6) is -1.55. The minimum Gasteiger partial charge on any atom is -0.492 e. The highest BCUT2D eigenvalue weighted by Gasteiger charge is 2.35. The topological polar surface area (TPSA) is 49.8 Å². The summed E-state index contributed by atoms with van der Waals surface area (Å²) in [5.41, 5.74) is -2.34. The van der Waals surface area contributed by atoms with Crippen LogP contribution in [0.4, 0.5) is 13.2 Å². The average Bonchev–Trinajstić information content (AvgIpc) is 2.34. The molecule has 1 N–H and O–H groups in total. The Morgan fingerprint density at radius 2 is 1.86 bits per heavy atom. The molecule has 0 aliphatic rings. The van der Waals surface area contributed by atoms with Crippen LogP contribution in [0.3, 0.4) is 0 Å². The predicted molar refractivity (Wildman–Crippen MR) is 71.7 cm³/mol. The molecule has 0 unspecified atom stereocenters. The number of carboxylic acids is 1. The van der Waals surface area contributed by atoms with E-state index in [0.717, 1.165) is 18.2 Å². The molecule has 0 atom stereocenters. The van der Waals surface area contributed by atoms with Gasteiger partial charge in [-0.15, -0.1) is 0 Å². The Morgan fingerprint density at radius 1 is 1.29 bits per heavy atom. The molecule has 0 spiro atoms. The Hall–Kier alpha value is -1.76. The van der Waals surface area contributed by atoms with E-state index in [0.29, 0.717) is 0 Å². The maximum absolute atomic E-state index is 12.7. The van der Waals surface area contributed by atoms with E-state index >= 15 is 0 Å². The van der Waals surface area contributed by atoms with Gasteiger partial charge in [-0.1, -0.05) is 0 Å². The smallest absolute Gasteiger partial charge is 0.417 e. The Kier molecular flexibility index (Phi) is 4.88. The highest BCUT2D eigenvalue weighted by atomic mass is 19.4. The molecule has 7 heteroatoms. The van der Waals surface area contributed by atoms with E-state index in [1.165, 1.54) is 0 Å². The van der Waals surface area contributed by atoms with Crippen LogP contribution in [0.5, 0.6) is 5.75 Å². The number of carboxylic acid groups (broad SMARTS) is 1. The molecule has 0 heterocycles. The zero-order valence-electron chi connectivity index (χ0n) is 12.3. The van der Waals surface area contributed by atoms with Gasteiger partial charge < -0.3 is 14.7 Å². The van der Waals surface area contributed by atoms with Crippen molar-refractivity contribution >= 4 is 5.97 Å². The number of alkyl halides is 3. The quantitative estimate of drug-likeness (QED) is 0.908. The van der Waals surface area contributed by atoms with Crippen LogP contribution in [0.2, 0.25) is 0 Å². The van der Waals surface area contributed by atoms with E-state index in [9.17, 15) is 18.0 Å². The molecule has 0 saturated carbocycles. The van der Waals surface area contributed by atoms with Gasteiger partial charge in [0, 0.05) is 5.54 Å².